The SMILES string of the molecule is COc1cc(Cc2sc(N)nc2C(C)C)c(Br)cc1Br. The third kappa shape index (κ3) is 3.35. The normalized spacial score (nSPS) is 11.1. The average Bonchev–Trinajstić information content (AvgIpc) is 2.74. The summed E-state index contributed by atoms with van der Waals surface area (Å²) >= 11 is 8.64. The lowest BCUT2D eigenvalue weighted by atomic mass is 10.0. The second kappa shape index (κ2) is 6.45. The van der Waals surface area contributed by atoms with Gasteiger partial charge in [0.25, 0.3) is 0 Å². The molecule has 0 bridgehead atoms. The van der Waals surface area contributed by atoms with Crippen molar-refractivity contribution in [3.63, 3.8) is 0 Å². The van der Waals surface area contributed by atoms with E-state index in [1.807, 2.05) is 12.1 Å². The summed E-state index contributed by atoms with van der Waals surface area (Å²) in [5, 5.41) is 0.629. The number of halogens is 2. The molecule has 2 rings (SSSR count). The summed E-state index contributed by atoms with van der Waals surface area (Å²) in [5.74, 6) is 1.20. The van der Waals surface area contributed by atoms with E-state index in [1.165, 1.54) is 4.88 Å². The van der Waals surface area contributed by atoms with Crippen LogP contribution in [0, 0.1) is 0 Å². The molecular weight excluding hydrogens is 404 g/mol. The number of hydrogen-bond acceptors (Lipinski definition) is 4. The number of nitrogens with two attached hydrogens (primary N) is 1. The zero-order chi connectivity index (χ0) is 14.9. The van der Waals surface area contributed by atoms with Crippen LogP contribution in [-0.2, 0) is 6.42 Å². The molecule has 6 heteroatoms. The molecule has 0 atom stereocenters. The molecule has 0 aliphatic rings. The highest BCUT2D eigenvalue weighted by Crippen LogP contribution is 2.35. The first kappa shape index (κ1) is 15.8. The lowest BCUT2D eigenvalue weighted by Crippen LogP contribution is -1.97. The van der Waals surface area contributed by atoms with Crippen LogP contribution in [0.15, 0.2) is 21.1 Å². The molecule has 1 aromatic heterocycles. The Balaban J connectivity index is 2.39. The third-order valence-electron chi connectivity index (χ3n) is 2.96. The van der Waals surface area contributed by atoms with Gasteiger partial charge in [0.2, 0.25) is 0 Å². The summed E-state index contributed by atoms with van der Waals surface area (Å²) in [4.78, 5) is 5.65. The van der Waals surface area contributed by atoms with E-state index in [4.69, 9.17) is 10.5 Å². The van der Waals surface area contributed by atoms with Crippen LogP contribution >= 0.6 is 43.2 Å². The van der Waals surface area contributed by atoms with Crippen LogP contribution in [0.25, 0.3) is 0 Å². The number of anilines is 1. The van der Waals surface area contributed by atoms with Gasteiger partial charge < -0.3 is 10.5 Å². The Hall–Kier alpha value is -0.590. The van der Waals surface area contributed by atoms with Crippen molar-refractivity contribution in [1.82, 2.24) is 4.98 Å². The fourth-order valence-electron chi connectivity index (χ4n) is 2.00. The molecule has 0 saturated carbocycles. The molecule has 1 heterocycles. The predicted molar refractivity (Wildman–Crippen MR) is 91.8 cm³/mol. The van der Waals surface area contributed by atoms with E-state index >= 15 is 0 Å². The number of thiazole rings is 1. The van der Waals surface area contributed by atoms with Crippen LogP contribution in [0.2, 0.25) is 0 Å². The van der Waals surface area contributed by atoms with Gasteiger partial charge in [-0.3, -0.25) is 0 Å². The predicted octanol–water partition coefficient (Wildman–Crippen LogP) is 4.97. The molecule has 0 amide bonds. The van der Waals surface area contributed by atoms with Gasteiger partial charge in [-0.2, -0.15) is 0 Å². The molecule has 0 unspecified atom stereocenters. The molecule has 0 radical (unpaired) electrons. The van der Waals surface area contributed by atoms with Crippen LogP contribution in [0.5, 0.6) is 5.75 Å². The standard InChI is InChI=1S/C14H16Br2N2OS/c1-7(2)13-12(20-14(17)18-13)5-8-4-11(19-3)10(16)6-9(8)15/h4,6-7H,5H2,1-3H3,(H2,17,18). The summed E-state index contributed by atoms with van der Waals surface area (Å²) in [6, 6.07) is 4.04. The lowest BCUT2D eigenvalue weighted by molar-refractivity contribution is 0.411. The van der Waals surface area contributed by atoms with E-state index in [9.17, 15) is 0 Å². The lowest BCUT2D eigenvalue weighted by Gasteiger charge is -2.10. The number of hydrogen-bond donors (Lipinski definition) is 1. The van der Waals surface area contributed by atoms with Gasteiger partial charge in [0.15, 0.2) is 5.13 Å². The topological polar surface area (TPSA) is 48.1 Å². The average molecular weight is 420 g/mol. The van der Waals surface area contributed by atoms with E-state index in [1.54, 1.807) is 18.4 Å². The minimum Gasteiger partial charge on any atom is -0.496 e. The third-order valence-corrected chi connectivity index (χ3v) is 5.22. The molecule has 0 saturated heterocycles. The van der Waals surface area contributed by atoms with Crippen LogP contribution in [-0.4, -0.2) is 12.1 Å². The van der Waals surface area contributed by atoms with Crippen molar-refractivity contribution in [2.75, 3.05) is 12.8 Å². The first-order valence-corrected chi connectivity index (χ1v) is 8.59. The molecule has 0 aliphatic heterocycles. The van der Waals surface area contributed by atoms with Crippen molar-refractivity contribution in [3.05, 3.63) is 37.2 Å². The van der Waals surface area contributed by atoms with Gasteiger partial charge >= 0.3 is 0 Å². The second-order valence-corrected chi connectivity index (χ2v) is 7.59. The largest absolute Gasteiger partial charge is 0.496 e. The number of benzene rings is 1. The molecular formula is C14H16Br2N2OS. The molecule has 0 fully saturated rings. The molecule has 2 N–H and O–H groups in total. The summed E-state index contributed by atoms with van der Waals surface area (Å²) < 4.78 is 7.34. The fraction of sp³-hybridized carbons (Fsp3) is 0.357. The number of ether oxygens (including phenoxy) is 1. The Morgan fingerprint density at radius 2 is 2.00 bits per heavy atom. The van der Waals surface area contributed by atoms with Crippen LogP contribution in [0.1, 0.15) is 35.9 Å². The Morgan fingerprint density at radius 3 is 2.60 bits per heavy atom. The van der Waals surface area contributed by atoms with E-state index in [0.717, 1.165) is 32.4 Å². The summed E-state index contributed by atoms with van der Waals surface area (Å²) in [6.45, 7) is 4.27. The van der Waals surface area contributed by atoms with Crippen molar-refractivity contribution in [2.45, 2.75) is 26.2 Å². The van der Waals surface area contributed by atoms with Gasteiger partial charge in [0.1, 0.15) is 5.75 Å². The van der Waals surface area contributed by atoms with Gasteiger partial charge in [0, 0.05) is 15.8 Å². The molecule has 2 aromatic rings. The highest BCUT2D eigenvalue weighted by molar-refractivity contribution is 9.11. The zero-order valence-electron chi connectivity index (χ0n) is 11.5. The van der Waals surface area contributed by atoms with Crippen LogP contribution in [0.3, 0.4) is 0 Å². The van der Waals surface area contributed by atoms with Gasteiger partial charge in [-0.25, -0.2) is 4.98 Å². The van der Waals surface area contributed by atoms with E-state index in [2.05, 4.69) is 50.7 Å². The monoisotopic (exact) mass is 418 g/mol. The van der Waals surface area contributed by atoms with Crippen molar-refractivity contribution in [1.29, 1.82) is 0 Å². The van der Waals surface area contributed by atoms with Crippen LogP contribution in [0.4, 0.5) is 5.13 Å². The van der Waals surface area contributed by atoms with E-state index < -0.39 is 0 Å². The quantitative estimate of drug-likeness (QED) is 0.760. The van der Waals surface area contributed by atoms with E-state index in [0.29, 0.717) is 11.0 Å². The molecule has 108 valence electrons. The molecule has 20 heavy (non-hydrogen) atoms. The fourth-order valence-corrected chi connectivity index (χ4v) is 4.30. The number of aromatic nitrogens is 1. The zero-order valence-corrected chi connectivity index (χ0v) is 15.5. The summed E-state index contributed by atoms with van der Waals surface area (Å²) in [7, 11) is 1.67. The molecule has 0 aliphatic carbocycles. The first-order chi connectivity index (χ1) is 9.42. The van der Waals surface area contributed by atoms with Gasteiger partial charge in [-0.15, -0.1) is 11.3 Å². The number of nitrogens with zero attached hydrogens (tertiary/aromatic N) is 1. The maximum Gasteiger partial charge on any atom is 0.180 e. The van der Waals surface area contributed by atoms with Crippen molar-refractivity contribution >= 4 is 48.3 Å². The van der Waals surface area contributed by atoms with Gasteiger partial charge in [-0.1, -0.05) is 29.8 Å². The highest BCUT2D eigenvalue weighted by atomic mass is 79.9. The highest BCUT2D eigenvalue weighted by Gasteiger charge is 2.16. The van der Waals surface area contributed by atoms with Gasteiger partial charge in [-0.05, 0) is 39.5 Å². The Labute approximate surface area is 139 Å². The minimum absolute atomic E-state index is 0.370. The first-order valence-electron chi connectivity index (χ1n) is 6.19. The van der Waals surface area contributed by atoms with E-state index in [-0.39, 0.29) is 0 Å². The Kier molecular flexibility index (Phi) is 5.09. The van der Waals surface area contributed by atoms with Crippen molar-refractivity contribution < 1.29 is 4.74 Å². The number of methoxy groups -OCH3 is 1. The molecule has 3 nitrogen and oxygen atoms in total. The number of rotatable bonds is 4. The van der Waals surface area contributed by atoms with Crippen LogP contribution < -0.4 is 10.5 Å². The Morgan fingerprint density at radius 1 is 1.30 bits per heavy atom. The summed E-state index contributed by atoms with van der Waals surface area (Å²) in [6.07, 6.45) is 0.798. The van der Waals surface area contributed by atoms with Crippen molar-refractivity contribution in [3.8, 4) is 5.75 Å². The second-order valence-electron chi connectivity index (χ2n) is 4.77. The summed E-state index contributed by atoms with van der Waals surface area (Å²) in [5.41, 5.74) is 8.10. The van der Waals surface area contributed by atoms with Crippen molar-refractivity contribution in [2.24, 2.45) is 0 Å². The molecule has 0 spiro atoms. The Bertz CT molecular complexity index is 626. The van der Waals surface area contributed by atoms with Gasteiger partial charge in [0.05, 0.1) is 17.3 Å². The maximum atomic E-state index is 5.85. The number of nitrogen functional groups attached to an aromatic ring is 1. The molecule has 1 aromatic carbocycles. The minimum atomic E-state index is 0.370. The smallest absolute Gasteiger partial charge is 0.180 e. The maximum absolute atomic E-state index is 5.85.